The van der Waals surface area contributed by atoms with Gasteiger partial charge in [-0.15, -0.1) is 11.3 Å². The first-order valence-corrected chi connectivity index (χ1v) is 7.90. The van der Waals surface area contributed by atoms with E-state index in [2.05, 4.69) is 35.1 Å². The van der Waals surface area contributed by atoms with Crippen LogP contribution in [-0.4, -0.2) is 4.92 Å². The van der Waals surface area contributed by atoms with Crippen molar-refractivity contribution in [2.45, 2.75) is 19.9 Å². The van der Waals surface area contributed by atoms with E-state index in [1.54, 1.807) is 23.5 Å². The van der Waals surface area contributed by atoms with E-state index in [1.165, 1.54) is 10.9 Å². The highest BCUT2D eigenvalue weighted by Gasteiger charge is 2.21. The average Bonchev–Trinajstić information content (AvgIpc) is 2.88. The molecular formula is C14H15BrN2O2S. The first-order chi connectivity index (χ1) is 9.49. The molecule has 1 aromatic heterocycles. The van der Waals surface area contributed by atoms with E-state index in [0.29, 0.717) is 11.6 Å². The van der Waals surface area contributed by atoms with Crippen molar-refractivity contribution in [1.82, 2.24) is 0 Å². The second kappa shape index (κ2) is 6.37. The Bertz CT molecular complexity index is 599. The van der Waals surface area contributed by atoms with Crippen molar-refractivity contribution in [2.75, 3.05) is 5.32 Å². The lowest BCUT2D eigenvalue weighted by atomic mass is 10.0. The lowest BCUT2D eigenvalue weighted by Gasteiger charge is -2.22. The maximum absolute atomic E-state index is 11.1. The molecule has 4 nitrogen and oxygen atoms in total. The van der Waals surface area contributed by atoms with Crippen molar-refractivity contribution >= 4 is 38.6 Å². The number of hydrogen-bond donors (Lipinski definition) is 1. The van der Waals surface area contributed by atoms with Crippen LogP contribution in [0.5, 0.6) is 0 Å². The predicted molar refractivity (Wildman–Crippen MR) is 86.3 cm³/mol. The number of rotatable bonds is 5. The van der Waals surface area contributed by atoms with E-state index in [9.17, 15) is 10.1 Å². The van der Waals surface area contributed by atoms with Crippen LogP contribution in [0.25, 0.3) is 0 Å². The molecule has 1 unspecified atom stereocenters. The molecule has 0 radical (unpaired) electrons. The molecule has 1 atom stereocenters. The van der Waals surface area contributed by atoms with Crippen molar-refractivity contribution in [1.29, 1.82) is 0 Å². The SMILES string of the molecule is CC(C)C(Nc1cc(Br)ccc1[N+](=O)[O-])c1cccs1. The lowest BCUT2D eigenvalue weighted by Crippen LogP contribution is -2.16. The van der Waals surface area contributed by atoms with Crippen molar-refractivity contribution < 1.29 is 4.92 Å². The average molecular weight is 355 g/mol. The zero-order chi connectivity index (χ0) is 14.7. The van der Waals surface area contributed by atoms with Crippen LogP contribution in [-0.2, 0) is 0 Å². The Morgan fingerprint density at radius 2 is 2.10 bits per heavy atom. The van der Waals surface area contributed by atoms with Crippen LogP contribution in [0.3, 0.4) is 0 Å². The number of anilines is 1. The summed E-state index contributed by atoms with van der Waals surface area (Å²) in [6.45, 7) is 4.20. The first kappa shape index (κ1) is 15.0. The van der Waals surface area contributed by atoms with Crippen LogP contribution < -0.4 is 5.32 Å². The highest BCUT2D eigenvalue weighted by molar-refractivity contribution is 9.10. The quantitative estimate of drug-likeness (QED) is 0.590. The summed E-state index contributed by atoms with van der Waals surface area (Å²) < 4.78 is 0.819. The van der Waals surface area contributed by atoms with Gasteiger partial charge < -0.3 is 5.32 Å². The number of nitro benzene ring substituents is 1. The third-order valence-corrected chi connectivity index (χ3v) is 4.43. The maximum Gasteiger partial charge on any atom is 0.292 e. The Kier molecular flexibility index (Phi) is 4.77. The van der Waals surface area contributed by atoms with E-state index in [0.717, 1.165) is 4.47 Å². The van der Waals surface area contributed by atoms with Gasteiger partial charge in [0.2, 0.25) is 0 Å². The number of hydrogen-bond acceptors (Lipinski definition) is 4. The molecule has 0 aliphatic rings. The van der Waals surface area contributed by atoms with Crippen LogP contribution in [0.15, 0.2) is 40.2 Å². The Hall–Kier alpha value is -1.40. The Morgan fingerprint density at radius 1 is 1.35 bits per heavy atom. The Labute approximate surface area is 130 Å². The molecule has 0 spiro atoms. The zero-order valence-electron chi connectivity index (χ0n) is 11.2. The standard InChI is InChI=1S/C14H15BrN2O2S/c1-9(2)14(13-4-3-7-20-13)16-11-8-10(15)5-6-12(11)17(18)19/h3-9,14,16H,1-2H3. The molecule has 0 saturated heterocycles. The largest absolute Gasteiger partial charge is 0.372 e. The number of nitrogens with zero attached hydrogens (tertiary/aromatic N) is 1. The van der Waals surface area contributed by atoms with Gasteiger partial charge in [0.25, 0.3) is 5.69 Å². The van der Waals surface area contributed by atoms with E-state index in [4.69, 9.17) is 0 Å². The van der Waals surface area contributed by atoms with Crippen LogP contribution in [0, 0.1) is 16.0 Å². The van der Waals surface area contributed by atoms with Crippen LogP contribution in [0.4, 0.5) is 11.4 Å². The molecule has 6 heteroatoms. The van der Waals surface area contributed by atoms with Gasteiger partial charge in [0.15, 0.2) is 0 Å². The van der Waals surface area contributed by atoms with Crippen LogP contribution in [0.2, 0.25) is 0 Å². The smallest absolute Gasteiger partial charge is 0.292 e. The molecule has 0 saturated carbocycles. The molecule has 0 bridgehead atoms. The number of nitrogens with one attached hydrogen (secondary N) is 1. The van der Waals surface area contributed by atoms with Crippen molar-refractivity contribution in [3.63, 3.8) is 0 Å². The molecule has 1 N–H and O–H groups in total. The molecule has 20 heavy (non-hydrogen) atoms. The molecule has 1 aromatic carbocycles. The third-order valence-electron chi connectivity index (χ3n) is 2.98. The van der Waals surface area contributed by atoms with E-state index < -0.39 is 0 Å². The fourth-order valence-corrected chi connectivity index (χ4v) is 3.30. The van der Waals surface area contributed by atoms with Crippen molar-refractivity contribution in [3.8, 4) is 0 Å². The zero-order valence-corrected chi connectivity index (χ0v) is 13.6. The van der Waals surface area contributed by atoms with Crippen molar-refractivity contribution in [3.05, 3.63) is 55.2 Å². The summed E-state index contributed by atoms with van der Waals surface area (Å²) in [5.41, 5.74) is 0.631. The first-order valence-electron chi connectivity index (χ1n) is 6.23. The molecule has 0 amide bonds. The summed E-state index contributed by atoms with van der Waals surface area (Å²) in [6, 6.07) is 9.04. The number of halogens is 1. The van der Waals surface area contributed by atoms with E-state index in [-0.39, 0.29) is 16.7 Å². The molecule has 1 heterocycles. The number of benzene rings is 1. The van der Waals surface area contributed by atoms with Gasteiger partial charge in [-0.1, -0.05) is 35.8 Å². The third kappa shape index (κ3) is 3.37. The highest BCUT2D eigenvalue weighted by Crippen LogP contribution is 2.35. The Morgan fingerprint density at radius 3 is 2.65 bits per heavy atom. The summed E-state index contributed by atoms with van der Waals surface area (Å²) in [6.07, 6.45) is 0. The predicted octanol–water partition coefficient (Wildman–Crippen LogP) is 5.23. The van der Waals surface area contributed by atoms with Crippen LogP contribution in [0.1, 0.15) is 24.8 Å². The van der Waals surface area contributed by atoms with Gasteiger partial charge in [0.1, 0.15) is 5.69 Å². The topological polar surface area (TPSA) is 55.2 Å². The van der Waals surface area contributed by atoms with Gasteiger partial charge in [-0.3, -0.25) is 10.1 Å². The second-order valence-electron chi connectivity index (χ2n) is 4.80. The number of thiophene rings is 1. The van der Waals surface area contributed by atoms with Gasteiger partial charge in [0.05, 0.1) is 11.0 Å². The monoisotopic (exact) mass is 354 g/mol. The molecule has 0 aliphatic heterocycles. The minimum Gasteiger partial charge on any atom is -0.372 e. The van der Waals surface area contributed by atoms with Gasteiger partial charge in [-0.2, -0.15) is 0 Å². The summed E-state index contributed by atoms with van der Waals surface area (Å²) in [7, 11) is 0. The molecule has 106 valence electrons. The summed E-state index contributed by atoms with van der Waals surface area (Å²) in [4.78, 5) is 11.9. The lowest BCUT2D eigenvalue weighted by molar-refractivity contribution is -0.384. The summed E-state index contributed by atoms with van der Waals surface area (Å²) >= 11 is 5.01. The van der Waals surface area contributed by atoms with E-state index >= 15 is 0 Å². The summed E-state index contributed by atoms with van der Waals surface area (Å²) in [5.74, 6) is 0.326. The maximum atomic E-state index is 11.1. The minimum atomic E-state index is -0.361. The highest BCUT2D eigenvalue weighted by atomic mass is 79.9. The summed E-state index contributed by atoms with van der Waals surface area (Å²) in [5, 5.41) is 16.4. The van der Waals surface area contributed by atoms with Gasteiger partial charge >= 0.3 is 0 Å². The fourth-order valence-electron chi connectivity index (χ4n) is 1.99. The molecule has 2 aromatic rings. The molecule has 0 aliphatic carbocycles. The Balaban J connectivity index is 2.36. The van der Waals surface area contributed by atoms with E-state index in [1.807, 2.05) is 17.5 Å². The second-order valence-corrected chi connectivity index (χ2v) is 6.69. The van der Waals surface area contributed by atoms with Crippen LogP contribution >= 0.6 is 27.3 Å². The molecule has 0 fully saturated rings. The molecular weight excluding hydrogens is 340 g/mol. The fraction of sp³-hybridized carbons (Fsp3) is 0.286. The van der Waals surface area contributed by atoms with Crippen molar-refractivity contribution in [2.24, 2.45) is 5.92 Å². The normalized spacial score (nSPS) is 12.4. The molecule has 2 rings (SSSR count). The van der Waals surface area contributed by atoms with Gasteiger partial charge in [0, 0.05) is 15.4 Å². The minimum absolute atomic E-state index is 0.0583. The number of nitro groups is 1. The van der Waals surface area contributed by atoms with Gasteiger partial charge in [-0.25, -0.2) is 0 Å². The van der Waals surface area contributed by atoms with Gasteiger partial charge in [-0.05, 0) is 29.5 Å².